The average Bonchev–Trinajstić information content (AvgIpc) is 2.57. The standard InChI is InChI=1S/C10H17ClF3NO2S/c1-8-3-5-15(9(8)7-11)18(16,17)6-2-4-10(12,13)14/h8-9H,2-7H2,1H3. The number of hydrogen-bond acceptors (Lipinski definition) is 2. The van der Waals surface area contributed by atoms with E-state index in [-0.39, 0.29) is 17.8 Å². The average molecular weight is 308 g/mol. The molecule has 0 N–H and O–H groups in total. The van der Waals surface area contributed by atoms with Crippen LogP contribution in [0, 0.1) is 5.92 Å². The molecule has 1 rings (SSSR count). The monoisotopic (exact) mass is 307 g/mol. The fourth-order valence-corrected chi connectivity index (χ4v) is 4.49. The first-order valence-electron chi connectivity index (χ1n) is 5.79. The molecule has 2 atom stereocenters. The molecule has 0 amide bonds. The molecular formula is C10H17ClF3NO2S. The molecule has 0 radical (unpaired) electrons. The van der Waals surface area contributed by atoms with Crippen LogP contribution in [0.2, 0.25) is 0 Å². The molecule has 3 nitrogen and oxygen atoms in total. The fourth-order valence-electron chi connectivity index (χ4n) is 2.12. The van der Waals surface area contributed by atoms with Crippen molar-refractivity contribution in [3.8, 4) is 0 Å². The molecule has 0 aromatic rings. The van der Waals surface area contributed by atoms with Gasteiger partial charge in [0, 0.05) is 24.9 Å². The highest BCUT2D eigenvalue weighted by Crippen LogP contribution is 2.29. The summed E-state index contributed by atoms with van der Waals surface area (Å²) in [4.78, 5) is 0. The Morgan fingerprint density at radius 3 is 2.50 bits per heavy atom. The minimum absolute atomic E-state index is 0.153. The lowest BCUT2D eigenvalue weighted by Crippen LogP contribution is -2.40. The molecule has 0 aromatic heterocycles. The Morgan fingerprint density at radius 1 is 1.39 bits per heavy atom. The number of halogens is 4. The molecule has 0 aliphatic carbocycles. The molecule has 2 unspecified atom stereocenters. The maximum absolute atomic E-state index is 12.0. The first kappa shape index (κ1) is 16.0. The van der Waals surface area contributed by atoms with E-state index in [0.717, 1.165) is 0 Å². The van der Waals surface area contributed by atoms with E-state index in [2.05, 4.69) is 0 Å². The molecule has 1 heterocycles. The summed E-state index contributed by atoms with van der Waals surface area (Å²) in [5, 5.41) is 0. The van der Waals surface area contributed by atoms with Gasteiger partial charge in [-0.25, -0.2) is 8.42 Å². The van der Waals surface area contributed by atoms with Crippen LogP contribution in [-0.4, -0.2) is 43.1 Å². The zero-order valence-electron chi connectivity index (χ0n) is 10.1. The van der Waals surface area contributed by atoms with Crippen molar-refractivity contribution in [3.63, 3.8) is 0 Å². The van der Waals surface area contributed by atoms with Gasteiger partial charge >= 0.3 is 6.18 Å². The van der Waals surface area contributed by atoms with Crippen molar-refractivity contribution in [2.75, 3.05) is 18.2 Å². The SMILES string of the molecule is CC1CCN(S(=O)(=O)CCCC(F)(F)F)C1CCl. The highest BCUT2D eigenvalue weighted by molar-refractivity contribution is 7.89. The van der Waals surface area contributed by atoms with Crippen LogP contribution < -0.4 is 0 Å². The minimum Gasteiger partial charge on any atom is -0.212 e. The van der Waals surface area contributed by atoms with Crippen LogP contribution in [0.25, 0.3) is 0 Å². The van der Waals surface area contributed by atoms with Crippen LogP contribution in [0.1, 0.15) is 26.2 Å². The third-order valence-electron chi connectivity index (χ3n) is 3.21. The lowest BCUT2D eigenvalue weighted by molar-refractivity contribution is -0.134. The minimum atomic E-state index is -4.31. The second-order valence-corrected chi connectivity index (χ2v) is 6.98. The second kappa shape index (κ2) is 5.96. The number of sulfonamides is 1. The summed E-state index contributed by atoms with van der Waals surface area (Å²) in [6.07, 6.45) is -5.07. The molecule has 1 fully saturated rings. The second-order valence-electron chi connectivity index (χ2n) is 4.63. The van der Waals surface area contributed by atoms with Gasteiger partial charge in [0.15, 0.2) is 0 Å². The first-order chi connectivity index (χ1) is 8.17. The molecule has 1 saturated heterocycles. The van der Waals surface area contributed by atoms with Crippen LogP contribution in [-0.2, 0) is 10.0 Å². The summed E-state index contributed by atoms with van der Waals surface area (Å²) in [6.45, 7) is 2.26. The largest absolute Gasteiger partial charge is 0.389 e. The first-order valence-corrected chi connectivity index (χ1v) is 7.94. The highest BCUT2D eigenvalue weighted by Gasteiger charge is 2.38. The number of rotatable bonds is 5. The van der Waals surface area contributed by atoms with Gasteiger partial charge in [-0.3, -0.25) is 0 Å². The van der Waals surface area contributed by atoms with Crippen LogP contribution in [0.15, 0.2) is 0 Å². The number of alkyl halides is 4. The topological polar surface area (TPSA) is 37.4 Å². The molecule has 18 heavy (non-hydrogen) atoms. The van der Waals surface area contributed by atoms with Gasteiger partial charge in [0.2, 0.25) is 10.0 Å². The van der Waals surface area contributed by atoms with Gasteiger partial charge < -0.3 is 0 Å². The Kier molecular flexibility index (Phi) is 5.32. The summed E-state index contributed by atoms with van der Waals surface area (Å²) in [5.74, 6) is -0.133. The van der Waals surface area contributed by atoms with E-state index in [0.29, 0.717) is 13.0 Å². The third-order valence-corrected chi connectivity index (χ3v) is 5.50. The van der Waals surface area contributed by atoms with Crippen molar-refractivity contribution in [2.45, 2.75) is 38.4 Å². The van der Waals surface area contributed by atoms with E-state index >= 15 is 0 Å². The van der Waals surface area contributed by atoms with Crippen molar-refractivity contribution in [3.05, 3.63) is 0 Å². The van der Waals surface area contributed by atoms with E-state index in [1.807, 2.05) is 6.92 Å². The predicted molar refractivity (Wildman–Crippen MR) is 64.1 cm³/mol. The Balaban J connectivity index is 2.59. The summed E-state index contributed by atoms with van der Waals surface area (Å²) in [6, 6.07) is -0.289. The van der Waals surface area contributed by atoms with E-state index in [9.17, 15) is 21.6 Å². The van der Waals surface area contributed by atoms with Crippen molar-refractivity contribution >= 4 is 21.6 Å². The van der Waals surface area contributed by atoms with E-state index in [1.165, 1.54) is 4.31 Å². The predicted octanol–water partition coefficient (Wildman–Crippen LogP) is 2.61. The smallest absolute Gasteiger partial charge is 0.212 e. The van der Waals surface area contributed by atoms with Gasteiger partial charge in [0.1, 0.15) is 0 Å². The lowest BCUT2D eigenvalue weighted by Gasteiger charge is -2.24. The van der Waals surface area contributed by atoms with Gasteiger partial charge in [-0.1, -0.05) is 6.92 Å². The summed E-state index contributed by atoms with van der Waals surface area (Å²) >= 11 is 5.72. The van der Waals surface area contributed by atoms with Gasteiger partial charge in [0.25, 0.3) is 0 Å². The molecule has 0 saturated carbocycles. The molecule has 0 spiro atoms. The lowest BCUT2D eigenvalue weighted by atomic mass is 10.1. The Hall–Kier alpha value is -0.0100. The van der Waals surface area contributed by atoms with E-state index in [1.54, 1.807) is 0 Å². The summed E-state index contributed by atoms with van der Waals surface area (Å²) in [7, 11) is -3.63. The van der Waals surface area contributed by atoms with E-state index in [4.69, 9.17) is 11.6 Å². The molecule has 0 bridgehead atoms. The van der Waals surface area contributed by atoms with Gasteiger partial charge in [-0.15, -0.1) is 11.6 Å². The fraction of sp³-hybridized carbons (Fsp3) is 1.00. The molecular weight excluding hydrogens is 291 g/mol. The molecule has 108 valence electrons. The Bertz CT molecular complexity index is 372. The van der Waals surface area contributed by atoms with Crippen molar-refractivity contribution in [1.82, 2.24) is 4.31 Å². The summed E-state index contributed by atoms with van der Waals surface area (Å²) in [5.41, 5.74) is 0. The maximum atomic E-state index is 12.0. The van der Waals surface area contributed by atoms with Crippen LogP contribution in [0.4, 0.5) is 13.2 Å². The summed E-state index contributed by atoms with van der Waals surface area (Å²) < 4.78 is 61.1. The van der Waals surface area contributed by atoms with Gasteiger partial charge in [-0.2, -0.15) is 17.5 Å². The Morgan fingerprint density at radius 2 is 2.00 bits per heavy atom. The van der Waals surface area contributed by atoms with Crippen LogP contribution in [0.5, 0.6) is 0 Å². The van der Waals surface area contributed by atoms with Crippen LogP contribution >= 0.6 is 11.6 Å². The number of hydrogen-bond donors (Lipinski definition) is 0. The van der Waals surface area contributed by atoms with Gasteiger partial charge in [-0.05, 0) is 18.8 Å². The van der Waals surface area contributed by atoms with Crippen molar-refractivity contribution in [2.24, 2.45) is 5.92 Å². The molecule has 1 aliphatic heterocycles. The van der Waals surface area contributed by atoms with Gasteiger partial charge in [0.05, 0.1) is 5.75 Å². The molecule has 1 aliphatic rings. The van der Waals surface area contributed by atoms with Crippen molar-refractivity contribution in [1.29, 1.82) is 0 Å². The molecule has 8 heteroatoms. The van der Waals surface area contributed by atoms with E-state index < -0.39 is 34.8 Å². The van der Waals surface area contributed by atoms with Crippen molar-refractivity contribution < 1.29 is 21.6 Å². The third kappa shape index (κ3) is 4.28. The zero-order chi connectivity index (χ0) is 14.0. The maximum Gasteiger partial charge on any atom is 0.389 e. The molecule has 0 aromatic carbocycles. The highest BCUT2D eigenvalue weighted by atomic mass is 35.5. The normalized spacial score (nSPS) is 26.7. The number of nitrogens with zero attached hydrogens (tertiary/aromatic N) is 1. The quantitative estimate of drug-likeness (QED) is 0.732. The van der Waals surface area contributed by atoms with Crippen LogP contribution in [0.3, 0.4) is 0 Å². The Labute approximate surface area is 110 Å². The zero-order valence-corrected chi connectivity index (χ0v) is 11.7.